The molecule has 0 aromatic rings. The smallest absolute Gasteiger partial charge is 1.00 e. The van der Waals surface area contributed by atoms with Crippen LogP contribution >= 0.6 is 0 Å². The predicted molar refractivity (Wildman–Crippen MR) is 56.5 cm³/mol. The summed E-state index contributed by atoms with van der Waals surface area (Å²) in [4.78, 5) is 0. The van der Waals surface area contributed by atoms with Gasteiger partial charge in [0.2, 0.25) is 0 Å². The molecule has 0 heterocycles. The maximum atomic E-state index is 5.53. The minimum Gasteiger partial charge on any atom is -1.00 e. The maximum Gasteiger partial charge on any atom is 2.00 e. The van der Waals surface area contributed by atoms with Crippen LogP contribution in [0.15, 0.2) is 0 Å². The van der Waals surface area contributed by atoms with Crippen molar-refractivity contribution in [2.24, 2.45) is 11.5 Å². The number of rotatable bonds is 0. The van der Waals surface area contributed by atoms with Gasteiger partial charge in [-0.05, 0) is 25.7 Å². The van der Waals surface area contributed by atoms with Gasteiger partial charge in [-0.25, -0.2) is 0 Å². The van der Waals surface area contributed by atoms with E-state index in [9.17, 15) is 0 Å². The second kappa shape index (κ2) is 51.2. The van der Waals surface area contributed by atoms with Gasteiger partial charge in [0.25, 0.3) is 0 Å². The van der Waals surface area contributed by atoms with Crippen molar-refractivity contribution in [2.45, 2.75) is 63.5 Å². The van der Waals surface area contributed by atoms with E-state index in [1.807, 2.05) is 0 Å². The van der Waals surface area contributed by atoms with Crippen molar-refractivity contribution in [1.29, 1.82) is 0 Å². The molecule has 13 heteroatoms. The molecule has 0 atom stereocenters. The van der Waals surface area contributed by atoms with Crippen LogP contribution in [-0.4, -0.2) is 17.6 Å². The fourth-order valence-corrected chi connectivity index (χ4v) is 1.91. The average Bonchev–Trinajstić information content (AvgIpc) is 2.63. The van der Waals surface area contributed by atoms with Crippen LogP contribution < -0.4 is 189 Å². The van der Waals surface area contributed by atoms with E-state index in [2.05, 4.69) is 0 Å². The van der Waals surface area contributed by atoms with Crippen molar-refractivity contribution in [3.8, 4) is 0 Å². The largest absolute Gasteiger partial charge is 2.00 e. The Balaban J connectivity index is -0.00000000941. The first-order valence-electron chi connectivity index (χ1n) is 5.30. The molecule has 0 amide bonds. The van der Waals surface area contributed by atoms with Gasteiger partial charge in [-0.2, -0.15) is 0 Å². The molecule has 0 aromatic heterocycles. The predicted octanol–water partition coefficient (Wildman–Crippen LogP) is -23.0. The average molecular weight is 869 g/mol. The first-order chi connectivity index (χ1) is 5.79. The van der Waals surface area contributed by atoms with Gasteiger partial charge < -0.3 is 91.4 Å². The zero-order valence-electron chi connectivity index (χ0n) is 13.4. The Morgan fingerprint density at radius 1 is 0.478 bits per heavy atom. The van der Waals surface area contributed by atoms with Gasteiger partial charge in [0.1, 0.15) is 0 Å². The van der Waals surface area contributed by atoms with Crippen molar-refractivity contribution < 1.29 is 225 Å². The summed E-state index contributed by atoms with van der Waals surface area (Å²) in [6.45, 7) is 0. The fourth-order valence-electron chi connectivity index (χ4n) is 1.91. The van der Waals surface area contributed by atoms with E-state index in [-0.39, 0.29) is 225 Å². The van der Waals surface area contributed by atoms with Crippen molar-refractivity contribution >= 4 is 0 Å². The number of hydrogen-bond acceptors (Lipinski definition) is 2. The van der Waals surface area contributed by atoms with E-state index < -0.39 is 0 Å². The van der Waals surface area contributed by atoms with E-state index in [1.165, 1.54) is 51.4 Å². The summed E-state index contributed by atoms with van der Waals surface area (Å²) in [6, 6.07) is 1.09. The summed E-state index contributed by atoms with van der Waals surface area (Å²) in [7, 11) is 0. The molecule has 2 rings (SSSR count). The molecule has 0 aliphatic heterocycles. The number of hydrogen-bond donors (Lipinski definition) is 2. The summed E-state index contributed by atoms with van der Waals surface area (Å²) in [5.74, 6) is 0. The summed E-state index contributed by atoms with van der Waals surface area (Å²) in [6.07, 6.45) is 10.5. The molecule has 2 fully saturated rings. The van der Waals surface area contributed by atoms with Crippen LogP contribution in [0.2, 0.25) is 0 Å². The molecule has 144 valence electrons. The second-order valence-corrected chi connectivity index (χ2v) is 4.09. The van der Waals surface area contributed by atoms with Crippen LogP contribution in [0, 0.1) is 0 Å². The van der Waals surface area contributed by atoms with Gasteiger partial charge in [-0.3, -0.25) is 0 Å². The van der Waals surface area contributed by atoms with Crippen molar-refractivity contribution in [2.75, 3.05) is 0 Å². The van der Waals surface area contributed by atoms with E-state index in [0.29, 0.717) is 12.1 Å². The van der Waals surface area contributed by atoms with E-state index in [4.69, 9.17) is 11.5 Å². The molecular formula is C10H24Cl6K2N2OPt2. The maximum absolute atomic E-state index is 5.53. The van der Waals surface area contributed by atoms with Crippen molar-refractivity contribution in [3.63, 3.8) is 0 Å². The van der Waals surface area contributed by atoms with Gasteiger partial charge in [0.15, 0.2) is 0 Å². The summed E-state index contributed by atoms with van der Waals surface area (Å²) in [5, 5.41) is 0. The molecule has 0 unspecified atom stereocenters. The number of nitrogens with two attached hydrogens (primary N) is 2. The second-order valence-electron chi connectivity index (χ2n) is 4.09. The van der Waals surface area contributed by atoms with Crippen LogP contribution in [0.1, 0.15) is 51.4 Å². The Bertz CT molecular complexity index is 130. The summed E-state index contributed by atoms with van der Waals surface area (Å²) >= 11 is 0. The first kappa shape index (κ1) is 70.1. The molecule has 2 saturated carbocycles. The zero-order chi connectivity index (χ0) is 8.81. The van der Waals surface area contributed by atoms with Crippen LogP contribution in [0.4, 0.5) is 0 Å². The zero-order valence-corrected chi connectivity index (χ0v) is 28.7. The molecule has 2 aliphatic carbocycles. The van der Waals surface area contributed by atoms with Gasteiger partial charge in [-0.1, -0.05) is 25.7 Å². The Hall–Kier alpha value is 6.27. The van der Waals surface area contributed by atoms with E-state index >= 15 is 0 Å². The third-order valence-electron chi connectivity index (χ3n) is 2.80. The van der Waals surface area contributed by atoms with E-state index in [1.54, 1.807) is 0 Å². The molecule has 23 heavy (non-hydrogen) atoms. The monoisotopic (exact) mass is 866 g/mol. The molecule has 0 aromatic carbocycles. The molecule has 6 N–H and O–H groups in total. The van der Waals surface area contributed by atoms with Crippen molar-refractivity contribution in [1.82, 2.24) is 0 Å². The minimum absolute atomic E-state index is 0. The van der Waals surface area contributed by atoms with Gasteiger partial charge in [-0.15, -0.1) is 0 Å². The molecule has 0 saturated heterocycles. The van der Waals surface area contributed by atoms with Crippen LogP contribution in [0.25, 0.3) is 0 Å². The number of halogens is 6. The molecular weight excluding hydrogens is 845 g/mol. The Morgan fingerprint density at radius 3 is 0.652 bits per heavy atom. The normalized spacial score (nSPS) is 13.3. The Kier molecular flexibility index (Phi) is 156. The minimum atomic E-state index is 0. The van der Waals surface area contributed by atoms with Crippen LogP contribution in [0.3, 0.4) is 0 Å². The van der Waals surface area contributed by atoms with E-state index in [0.717, 1.165) is 0 Å². The molecule has 0 bridgehead atoms. The summed E-state index contributed by atoms with van der Waals surface area (Å²) in [5.41, 5.74) is 11.1. The Morgan fingerprint density at radius 2 is 0.609 bits per heavy atom. The molecule has 0 radical (unpaired) electrons. The molecule has 0 spiro atoms. The quantitative estimate of drug-likeness (QED) is 0.238. The van der Waals surface area contributed by atoms with Crippen molar-refractivity contribution in [3.05, 3.63) is 0 Å². The first-order valence-corrected chi connectivity index (χ1v) is 5.30. The topological polar surface area (TPSA) is 83.5 Å². The SMILES string of the molecule is NC1CCCC1.NC1CCCC1.O.[Cl-].[Cl-].[Cl-].[Cl-].[Cl-].[Cl-].[K+].[K+].[Pt+2].[Pt+2]. The fraction of sp³-hybridized carbons (Fsp3) is 1.00. The third kappa shape index (κ3) is 47.5. The van der Waals surface area contributed by atoms with Crippen LogP contribution in [0.5, 0.6) is 0 Å². The van der Waals surface area contributed by atoms with Gasteiger partial charge in [0, 0.05) is 12.1 Å². The van der Waals surface area contributed by atoms with Gasteiger partial charge in [0.05, 0.1) is 0 Å². The van der Waals surface area contributed by atoms with Gasteiger partial charge >= 0.3 is 145 Å². The Labute approximate surface area is 293 Å². The van der Waals surface area contributed by atoms with Crippen LogP contribution in [-0.2, 0) is 42.1 Å². The summed E-state index contributed by atoms with van der Waals surface area (Å²) < 4.78 is 0. The molecule has 2 aliphatic rings. The third-order valence-corrected chi connectivity index (χ3v) is 2.80. The standard InChI is InChI=1S/2C5H11N.6ClH.2K.H2O.2Pt/c2*6-5-3-1-2-4-5;;;;;;;;;;;/h2*5H,1-4,6H2;6*1H;;;1H2;;/q;;;;;;;;2*+1;;2*+2/p-6. The molecule has 3 nitrogen and oxygen atoms in total.